The largest absolute Gasteiger partial charge is 1.00 e. The SMILES string of the molecule is O=P(O)(O)C[Si](O)(O)O.[H-].[Na+]. The maximum atomic E-state index is 9.90. The third-order valence-corrected chi connectivity index (χ3v) is 3.76. The average Bonchev–Trinajstić information content (AvgIpc) is 1.14. The zero-order valence-electron chi connectivity index (χ0n) is 6.30. The number of rotatable bonds is 2. The third-order valence-electron chi connectivity index (χ3n) is 0.418. The molecule has 0 aliphatic rings. The van der Waals surface area contributed by atoms with Crippen molar-refractivity contribution >= 4 is 16.4 Å². The number of hydrogen-bond acceptors (Lipinski definition) is 4. The van der Waals surface area contributed by atoms with Gasteiger partial charge < -0.3 is 25.6 Å². The Morgan fingerprint density at radius 2 is 1.60 bits per heavy atom. The van der Waals surface area contributed by atoms with Gasteiger partial charge in [0.2, 0.25) is 0 Å². The smallest absolute Gasteiger partial charge is 1.00 e. The van der Waals surface area contributed by atoms with Crippen LogP contribution in [0.15, 0.2) is 0 Å². The first-order valence-corrected chi connectivity index (χ1v) is 5.77. The quantitative estimate of drug-likeness (QED) is 0.223. The van der Waals surface area contributed by atoms with Crippen LogP contribution in [0.25, 0.3) is 0 Å². The van der Waals surface area contributed by atoms with E-state index in [4.69, 9.17) is 24.2 Å². The van der Waals surface area contributed by atoms with Gasteiger partial charge in [-0.25, -0.2) is 0 Å². The van der Waals surface area contributed by atoms with Crippen molar-refractivity contribution in [3.8, 4) is 0 Å². The molecule has 58 valence electrons. The van der Waals surface area contributed by atoms with Gasteiger partial charge >= 0.3 is 46.0 Å². The standard InChI is InChI=1S/CH7O6PSi.Na.H/c2-8(3,4)1-9(5,6)7;;/h5-7H,1H2,(H2,2,3,4);;/q;+1;-1. The summed E-state index contributed by atoms with van der Waals surface area (Å²) in [4.78, 5) is 40.4. The summed E-state index contributed by atoms with van der Waals surface area (Å²) < 4.78 is 9.90. The van der Waals surface area contributed by atoms with Crippen molar-refractivity contribution < 1.29 is 59.7 Å². The average molecular weight is 198 g/mol. The Morgan fingerprint density at radius 3 is 1.60 bits per heavy atom. The van der Waals surface area contributed by atoms with Crippen LogP contribution in [-0.2, 0) is 4.57 Å². The van der Waals surface area contributed by atoms with Crippen LogP contribution in [0.2, 0.25) is 0 Å². The maximum absolute atomic E-state index is 9.90. The summed E-state index contributed by atoms with van der Waals surface area (Å²) in [5, 5.41) is 0. The Labute approximate surface area is 81.8 Å². The predicted molar refractivity (Wildman–Crippen MR) is 30.4 cm³/mol. The minimum atomic E-state index is -4.56. The van der Waals surface area contributed by atoms with Gasteiger partial charge in [0.15, 0.2) is 0 Å². The number of hydrogen-bond donors (Lipinski definition) is 5. The van der Waals surface area contributed by atoms with Crippen LogP contribution in [0.4, 0.5) is 0 Å². The summed E-state index contributed by atoms with van der Waals surface area (Å²) >= 11 is 0. The van der Waals surface area contributed by atoms with E-state index in [1.54, 1.807) is 0 Å². The Bertz CT molecular complexity index is 140. The van der Waals surface area contributed by atoms with Crippen LogP contribution in [0, 0.1) is 0 Å². The predicted octanol–water partition coefficient (Wildman–Crippen LogP) is -5.26. The first kappa shape index (κ1) is 13.8. The molecular formula is CH8NaO6PSi. The molecule has 0 aliphatic heterocycles. The molecule has 0 bridgehead atoms. The molecule has 0 aromatic carbocycles. The van der Waals surface area contributed by atoms with Gasteiger partial charge in [-0.05, 0) is 0 Å². The van der Waals surface area contributed by atoms with E-state index in [-0.39, 0.29) is 31.0 Å². The van der Waals surface area contributed by atoms with E-state index in [1.807, 2.05) is 0 Å². The Kier molecular flexibility index (Phi) is 5.96. The second-order valence-electron chi connectivity index (χ2n) is 1.60. The summed E-state index contributed by atoms with van der Waals surface area (Å²) in [6, 6.07) is 0. The molecular weight excluding hydrogens is 190 g/mol. The Balaban J connectivity index is -0.000000320. The summed E-state index contributed by atoms with van der Waals surface area (Å²) in [6.07, 6.45) is 0. The van der Waals surface area contributed by atoms with Crippen molar-refractivity contribution in [2.45, 2.75) is 0 Å². The van der Waals surface area contributed by atoms with Gasteiger partial charge in [0.25, 0.3) is 0 Å². The monoisotopic (exact) mass is 198 g/mol. The maximum Gasteiger partial charge on any atom is 1.00 e. The molecule has 0 spiro atoms. The second kappa shape index (κ2) is 4.32. The third kappa shape index (κ3) is 12.0. The molecule has 5 N–H and O–H groups in total. The van der Waals surface area contributed by atoms with E-state index >= 15 is 0 Å². The van der Waals surface area contributed by atoms with Gasteiger partial charge in [0, 0.05) is 0 Å². The van der Waals surface area contributed by atoms with Crippen LogP contribution in [0.5, 0.6) is 0 Å². The van der Waals surface area contributed by atoms with E-state index < -0.39 is 22.2 Å². The van der Waals surface area contributed by atoms with Gasteiger partial charge in [-0.2, -0.15) is 0 Å². The fourth-order valence-electron chi connectivity index (χ4n) is 0.276. The summed E-state index contributed by atoms with van der Waals surface area (Å²) in [7, 11) is -9.03. The summed E-state index contributed by atoms with van der Waals surface area (Å²) in [5.74, 6) is -1.24. The molecule has 0 aromatic rings. The fraction of sp³-hybridized carbons (Fsp3) is 1.00. The molecule has 10 heavy (non-hydrogen) atoms. The van der Waals surface area contributed by atoms with E-state index in [0.29, 0.717) is 0 Å². The van der Waals surface area contributed by atoms with Crippen molar-refractivity contribution in [3.63, 3.8) is 0 Å². The van der Waals surface area contributed by atoms with Crippen molar-refractivity contribution in [3.05, 3.63) is 0 Å². The summed E-state index contributed by atoms with van der Waals surface area (Å²) in [6.45, 7) is 0. The van der Waals surface area contributed by atoms with Gasteiger partial charge in [-0.3, -0.25) is 4.57 Å². The van der Waals surface area contributed by atoms with Crippen molar-refractivity contribution in [2.24, 2.45) is 0 Å². The molecule has 0 unspecified atom stereocenters. The molecule has 0 atom stereocenters. The molecule has 0 aliphatic carbocycles. The van der Waals surface area contributed by atoms with Gasteiger partial charge in [0.05, 0.1) is 0 Å². The minimum absolute atomic E-state index is 0. The van der Waals surface area contributed by atoms with Gasteiger partial charge in [-0.1, -0.05) is 0 Å². The minimum Gasteiger partial charge on any atom is -1.00 e. The molecule has 9 heteroatoms. The van der Waals surface area contributed by atoms with E-state index in [1.165, 1.54) is 0 Å². The molecule has 0 radical (unpaired) electrons. The van der Waals surface area contributed by atoms with Crippen LogP contribution < -0.4 is 29.6 Å². The van der Waals surface area contributed by atoms with E-state index in [2.05, 4.69) is 0 Å². The van der Waals surface area contributed by atoms with Gasteiger partial charge in [-0.15, -0.1) is 0 Å². The molecule has 0 heterocycles. The van der Waals surface area contributed by atoms with Crippen LogP contribution in [0.1, 0.15) is 1.43 Å². The van der Waals surface area contributed by atoms with Crippen molar-refractivity contribution in [2.75, 3.05) is 5.79 Å². The molecule has 0 rings (SSSR count). The molecule has 0 saturated heterocycles. The Hall–Kier alpha value is 1.25. The van der Waals surface area contributed by atoms with Crippen LogP contribution >= 0.6 is 7.60 Å². The van der Waals surface area contributed by atoms with Gasteiger partial charge in [0.1, 0.15) is 5.79 Å². The normalized spacial score (nSPS) is 12.5. The zero-order valence-corrected chi connectivity index (χ0v) is 9.19. The van der Waals surface area contributed by atoms with Crippen molar-refractivity contribution in [1.29, 1.82) is 0 Å². The van der Waals surface area contributed by atoms with Crippen molar-refractivity contribution in [1.82, 2.24) is 0 Å². The second-order valence-corrected chi connectivity index (χ2v) is 5.74. The molecule has 0 amide bonds. The first-order valence-electron chi connectivity index (χ1n) is 1.92. The molecule has 6 nitrogen and oxygen atoms in total. The topological polar surface area (TPSA) is 118 Å². The van der Waals surface area contributed by atoms with E-state index in [9.17, 15) is 4.57 Å². The molecule has 0 saturated carbocycles. The summed E-state index contributed by atoms with van der Waals surface area (Å²) in [5.41, 5.74) is 0. The zero-order chi connectivity index (χ0) is 7.71. The van der Waals surface area contributed by atoms with Crippen LogP contribution in [0.3, 0.4) is 0 Å². The van der Waals surface area contributed by atoms with E-state index in [0.717, 1.165) is 0 Å². The first-order chi connectivity index (χ1) is 3.71. The molecule has 0 aromatic heterocycles. The fourth-order valence-corrected chi connectivity index (χ4v) is 2.49. The van der Waals surface area contributed by atoms with Crippen LogP contribution in [-0.4, -0.2) is 38.8 Å². The Morgan fingerprint density at radius 1 is 1.30 bits per heavy atom. The molecule has 0 fully saturated rings.